The number of rotatable bonds is 5. The van der Waals surface area contributed by atoms with Crippen molar-refractivity contribution in [1.29, 1.82) is 0 Å². The quantitative estimate of drug-likeness (QED) is 0.264. The minimum Gasteiger partial charge on any atom is -0.497 e. The topological polar surface area (TPSA) is 83.0 Å². The van der Waals surface area contributed by atoms with Gasteiger partial charge in [0.25, 0.3) is 5.56 Å². The number of methoxy groups -OCH3 is 2. The average molecular weight is 575 g/mol. The molecule has 5 aromatic rings. The first-order chi connectivity index (χ1) is 20.5. The number of hydrogen-bond acceptors (Lipinski definition) is 7. The Morgan fingerprint density at radius 1 is 1.00 bits per heavy atom. The van der Waals surface area contributed by atoms with E-state index < -0.39 is 5.97 Å². The molecule has 1 aliphatic heterocycles. The highest BCUT2D eigenvalue weighted by atomic mass is 32.1. The maximum Gasteiger partial charge on any atom is 0.337 e. The van der Waals surface area contributed by atoms with Crippen LogP contribution in [0.3, 0.4) is 0 Å². The fourth-order valence-electron chi connectivity index (χ4n) is 5.74. The number of nitrogens with zero attached hydrogens (tertiary/aromatic N) is 2. The molecule has 8 heteroatoms. The van der Waals surface area contributed by atoms with Crippen LogP contribution in [0.1, 0.15) is 45.3 Å². The summed E-state index contributed by atoms with van der Waals surface area (Å²) in [4.78, 5) is 31.7. The molecule has 0 N–H and O–H groups in total. The van der Waals surface area contributed by atoms with Gasteiger partial charge in [-0.3, -0.25) is 9.36 Å². The highest BCUT2D eigenvalue weighted by Gasteiger charge is 2.32. The van der Waals surface area contributed by atoms with E-state index >= 15 is 0 Å². The fourth-order valence-corrected chi connectivity index (χ4v) is 6.72. The number of aromatic nitrogens is 1. The van der Waals surface area contributed by atoms with Gasteiger partial charge < -0.3 is 13.9 Å². The first-order valence-corrected chi connectivity index (χ1v) is 14.4. The van der Waals surface area contributed by atoms with E-state index in [2.05, 4.69) is 18.2 Å². The number of thiazole rings is 1. The first-order valence-electron chi connectivity index (χ1n) is 13.6. The largest absolute Gasteiger partial charge is 0.497 e. The van der Waals surface area contributed by atoms with Crippen LogP contribution in [-0.2, 0) is 11.2 Å². The lowest BCUT2D eigenvalue weighted by molar-refractivity contribution is 0.0601. The lowest BCUT2D eigenvalue weighted by Gasteiger charge is -2.30. The zero-order valence-electron chi connectivity index (χ0n) is 23.0. The van der Waals surface area contributed by atoms with Crippen LogP contribution in [0.15, 0.2) is 105 Å². The van der Waals surface area contributed by atoms with E-state index in [9.17, 15) is 9.59 Å². The molecule has 0 bridgehead atoms. The van der Waals surface area contributed by atoms with Gasteiger partial charge in [-0.2, -0.15) is 0 Å². The van der Waals surface area contributed by atoms with E-state index in [0.29, 0.717) is 26.4 Å². The summed E-state index contributed by atoms with van der Waals surface area (Å²) in [5.41, 5.74) is 6.56. The van der Waals surface area contributed by atoms with Crippen LogP contribution < -0.4 is 19.6 Å². The van der Waals surface area contributed by atoms with Crippen molar-refractivity contribution in [3.05, 3.63) is 138 Å². The standard InChI is InChI=1S/C34H26N2O5S/c1-39-24-13-10-21(11-14-24)31-27-16-12-20-6-3-4-9-26(20)30(27)35-34-36(31)32(37)29(42-34)19-25-15-17-28(41-25)22-7-5-8-23(18-22)33(38)40-2/h3-11,13-15,17-19,31H,12,16H2,1-2H3/b29-19-/t31-/m1/s1. The molecule has 3 aromatic carbocycles. The molecule has 7 nitrogen and oxygen atoms in total. The molecule has 208 valence electrons. The molecule has 2 aliphatic rings. The number of hydrogen-bond donors (Lipinski definition) is 0. The molecule has 0 radical (unpaired) electrons. The monoisotopic (exact) mass is 574 g/mol. The van der Waals surface area contributed by atoms with E-state index in [4.69, 9.17) is 18.9 Å². The highest BCUT2D eigenvalue weighted by Crippen LogP contribution is 2.41. The number of esters is 1. The van der Waals surface area contributed by atoms with Crippen molar-refractivity contribution < 1.29 is 18.7 Å². The Kier molecular flexibility index (Phi) is 6.47. The van der Waals surface area contributed by atoms with E-state index in [0.717, 1.165) is 46.6 Å². The Balaban J connectivity index is 1.35. The summed E-state index contributed by atoms with van der Waals surface area (Å²) in [6.07, 6.45) is 3.48. The number of furan rings is 1. The summed E-state index contributed by atoms with van der Waals surface area (Å²) in [5.74, 6) is 1.47. The Hall–Kier alpha value is -4.95. The SMILES string of the molecule is COC(=O)c1cccc(-c2ccc(/C=c3\sc4n(c3=O)[C@H](c3ccc(OC)cc3)C3=C(N=4)c4ccccc4CC3)o2)c1. The molecule has 7 rings (SSSR count). The predicted molar refractivity (Wildman–Crippen MR) is 161 cm³/mol. The number of allylic oxidation sites excluding steroid dienone is 1. The number of carbonyl (C=O) groups is 1. The zero-order chi connectivity index (χ0) is 28.8. The van der Waals surface area contributed by atoms with E-state index in [-0.39, 0.29) is 11.6 Å². The second-order valence-corrected chi connectivity index (χ2v) is 11.2. The summed E-state index contributed by atoms with van der Waals surface area (Å²) in [7, 11) is 3.00. The minimum absolute atomic E-state index is 0.115. The first kappa shape index (κ1) is 26.0. The number of aryl methyl sites for hydroxylation is 1. The van der Waals surface area contributed by atoms with Gasteiger partial charge in [0, 0.05) is 17.2 Å². The van der Waals surface area contributed by atoms with Crippen LogP contribution >= 0.6 is 11.3 Å². The number of benzene rings is 3. The predicted octanol–water partition coefficient (Wildman–Crippen LogP) is 5.37. The number of ether oxygens (including phenoxy) is 2. The second-order valence-electron chi connectivity index (χ2n) is 10.2. The molecule has 0 spiro atoms. The van der Waals surface area contributed by atoms with Crippen molar-refractivity contribution in [2.45, 2.75) is 18.9 Å². The summed E-state index contributed by atoms with van der Waals surface area (Å²) in [5, 5.41) is 0. The normalized spacial score (nSPS) is 15.9. The lowest BCUT2D eigenvalue weighted by atomic mass is 9.83. The highest BCUT2D eigenvalue weighted by molar-refractivity contribution is 7.07. The van der Waals surface area contributed by atoms with E-state index in [1.807, 2.05) is 53.1 Å². The summed E-state index contributed by atoms with van der Waals surface area (Å²) in [6, 6.07) is 26.7. The van der Waals surface area contributed by atoms with Crippen molar-refractivity contribution in [2.75, 3.05) is 14.2 Å². The number of fused-ring (bicyclic) bond motifs is 3. The van der Waals surface area contributed by atoms with Gasteiger partial charge in [-0.15, -0.1) is 0 Å². The molecule has 0 unspecified atom stereocenters. The van der Waals surface area contributed by atoms with E-state index in [1.54, 1.807) is 31.4 Å². The van der Waals surface area contributed by atoms with Crippen molar-refractivity contribution in [1.82, 2.24) is 4.57 Å². The third kappa shape index (κ3) is 4.40. The third-order valence-corrected chi connectivity index (χ3v) is 8.76. The van der Waals surface area contributed by atoms with Crippen LogP contribution in [0, 0.1) is 0 Å². The fraction of sp³-hybridized carbons (Fsp3) is 0.147. The molecule has 1 aliphatic carbocycles. The van der Waals surface area contributed by atoms with Crippen LogP contribution in [0.5, 0.6) is 5.75 Å². The van der Waals surface area contributed by atoms with Crippen LogP contribution in [0.4, 0.5) is 0 Å². The maximum absolute atomic E-state index is 14.0. The molecular formula is C34H26N2O5S. The van der Waals surface area contributed by atoms with Crippen molar-refractivity contribution in [2.24, 2.45) is 4.99 Å². The van der Waals surface area contributed by atoms with Crippen molar-refractivity contribution in [3.8, 4) is 17.1 Å². The van der Waals surface area contributed by atoms with Gasteiger partial charge in [0.1, 0.15) is 17.3 Å². The molecule has 0 amide bonds. The lowest BCUT2D eigenvalue weighted by Crippen LogP contribution is -2.38. The molecule has 3 heterocycles. The van der Waals surface area contributed by atoms with Gasteiger partial charge in [-0.05, 0) is 65.9 Å². The van der Waals surface area contributed by atoms with Gasteiger partial charge in [0.05, 0.1) is 36.1 Å². The van der Waals surface area contributed by atoms with Gasteiger partial charge >= 0.3 is 5.97 Å². The average Bonchev–Trinajstić information content (AvgIpc) is 3.63. The van der Waals surface area contributed by atoms with Crippen LogP contribution in [0.2, 0.25) is 0 Å². The molecule has 0 saturated heterocycles. The zero-order valence-corrected chi connectivity index (χ0v) is 23.8. The number of carbonyl (C=O) groups excluding carboxylic acids is 1. The van der Waals surface area contributed by atoms with Gasteiger partial charge in [-0.25, -0.2) is 9.79 Å². The summed E-state index contributed by atoms with van der Waals surface area (Å²) >= 11 is 1.36. The second kappa shape index (κ2) is 10.5. The van der Waals surface area contributed by atoms with Crippen molar-refractivity contribution >= 4 is 29.1 Å². The molecule has 0 fully saturated rings. The van der Waals surface area contributed by atoms with Crippen LogP contribution in [0.25, 0.3) is 23.1 Å². The Labute approximate surface area is 245 Å². The molecule has 0 saturated carbocycles. The Morgan fingerprint density at radius 3 is 2.64 bits per heavy atom. The molecule has 42 heavy (non-hydrogen) atoms. The van der Waals surface area contributed by atoms with Crippen LogP contribution in [-0.4, -0.2) is 24.8 Å². The van der Waals surface area contributed by atoms with Gasteiger partial charge in [0.2, 0.25) is 0 Å². The van der Waals surface area contributed by atoms with Crippen molar-refractivity contribution in [3.63, 3.8) is 0 Å². The smallest absolute Gasteiger partial charge is 0.337 e. The summed E-state index contributed by atoms with van der Waals surface area (Å²) in [6.45, 7) is 0. The van der Waals surface area contributed by atoms with Gasteiger partial charge in [-0.1, -0.05) is 59.9 Å². The van der Waals surface area contributed by atoms with E-state index in [1.165, 1.54) is 24.0 Å². The molecule has 2 aromatic heterocycles. The van der Waals surface area contributed by atoms with Gasteiger partial charge in [0.15, 0.2) is 4.80 Å². The maximum atomic E-state index is 14.0. The summed E-state index contributed by atoms with van der Waals surface area (Å²) < 4.78 is 18.7. The molecule has 1 atom stereocenters. The molecular weight excluding hydrogens is 548 g/mol. The minimum atomic E-state index is -0.415. The third-order valence-electron chi connectivity index (χ3n) is 7.77. The Morgan fingerprint density at radius 2 is 1.83 bits per heavy atom. The Bertz CT molecular complexity index is 2060.